The van der Waals surface area contributed by atoms with Crippen molar-refractivity contribution in [1.82, 2.24) is 10.0 Å². The number of hydrogen-bond donors (Lipinski definition) is 3. The number of carbonyl (C=O) groups is 2. The van der Waals surface area contributed by atoms with Gasteiger partial charge in [0.2, 0.25) is 5.91 Å². The zero-order chi connectivity index (χ0) is 18.3. The van der Waals surface area contributed by atoms with Gasteiger partial charge in [0, 0.05) is 28.7 Å². The van der Waals surface area contributed by atoms with E-state index < -0.39 is 11.4 Å². The summed E-state index contributed by atoms with van der Waals surface area (Å²) in [6.45, 7) is 0.708. The van der Waals surface area contributed by atoms with Gasteiger partial charge in [0.15, 0.2) is 0 Å². The highest BCUT2D eigenvalue weighted by molar-refractivity contribution is 7.88. The minimum absolute atomic E-state index is 0.0316. The fourth-order valence-electron chi connectivity index (χ4n) is 3.45. The molecule has 0 aliphatic heterocycles. The Bertz CT molecular complexity index is 711. The van der Waals surface area contributed by atoms with Gasteiger partial charge >= 0.3 is 0 Å². The van der Waals surface area contributed by atoms with Crippen molar-refractivity contribution < 1.29 is 14.1 Å². The van der Waals surface area contributed by atoms with Crippen LogP contribution in [0.5, 0.6) is 0 Å². The van der Waals surface area contributed by atoms with Crippen molar-refractivity contribution in [2.24, 2.45) is 11.8 Å². The number of aryl methyl sites for hydroxylation is 1. The molecule has 2 fully saturated rings. The van der Waals surface area contributed by atoms with Crippen molar-refractivity contribution in [2.45, 2.75) is 51.0 Å². The molecule has 0 spiro atoms. The van der Waals surface area contributed by atoms with Gasteiger partial charge in [0.05, 0.1) is 11.6 Å². The van der Waals surface area contributed by atoms with Crippen LogP contribution < -0.4 is 15.4 Å². The molecule has 1 aromatic rings. The predicted octanol–water partition coefficient (Wildman–Crippen LogP) is 1.98. The summed E-state index contributed by atoms with van der Waals surface area (Å²) in [7, 11) is 0. The molecule has 3 aliphatic carbocycles. The maximum absolute atomic E-state index is 12.9. The first kappa shape index (κ1) is 18.3. The molecule has 6 nitrogen and oxygen atoms in total. The minimum atomic E-state index is -1.08. The van der Waals surface area contributed by atoms with E-state index in [0.717, 1.165) is 31.2 Å². The molecule has 2 amide bonds. The van der Waals surface area contributed by atoms with Crippen molar-refractivity contribution in [3.63, 3.8) is 0 Å². The SMILES string of the molecule is C[S+]([O-])NC1CCc2sc(NC(=O)C3CC3)c(C(=O)NCC3CC3)c2C1. The molecule has 1 aromatic heterocycles. The first-order valence-corrected chi connectivity index (χ1v) is 11.7. The van der Waals surface area contributed by atoms with E-state index in [9.17, 15) is 14.1 Å². The van der Waals surface area contributed by atoms with Gasteiger partial charge in [-0.2, -0.15) is 0 Å². The summed E-state index contributed by atoms with van der Waals surface area (Å²) in [6.07, 6.45) is 8.29. The van der Waals surface area contributed by atoms with Gasteiger partial charge < -0.3 is 15.2 Å². The smallest absolute Gasteiger partial charge is 0.254 e. The fourth-order valence-corrected chi connectivity index (χ4v) is 5.37. The number of nitrogens with one attached hydrogen (secondary N) is 3. The molecule has 3 aliphatic rings. The molecule has 2 atom stereocenters. The Kier molecular flexibility index (Phi) is 5.27. The summed E-state index contributed by atoms with van der Waals surface area (Å²) in [5.41, 5.74) is 1.65. The molecule has 4 rings (SSSR count). The average Bonchev–Trinajstić information content (AvgIpc) is 3.49. The van der Waals surface area contributed by atoms with Crippen LogP contribution in [0.1, 0.15) is 52.9 Å². The second kappa shape index (κ2) is 7.50. The Balaban J connectivity index is 1.57. The average molecular weight is 396 g/mol. The summed E-state index contributed by atoms with van der Waals surface area (Å²) in [4.78, 5) is 26.3. The molecule has 8 heteroatoms. The highest BCUT2D eigenvalue weighted by atomic mass is 32.2. The monoisotopic (exact) mass is 395 g/mol. The van der Waals surface area contributed by atoms with Gasteiger partial charge in [-0.05, 0) is 56.4 Å². The van der Waals surface area contributed by atoms with E-state index >= 15 is 0 Å². The molecule has 3 N–H and O–H groups in total. The lowest BCUT2D eigenvalue weighted by Gasteiger charge is -2.23. The lowest BCUT2D eigenvalue weighted by molar-refractivity contribution is -0.117. The zero-order valence-electron chi connectivity index (χ0n) is 14.9. The van der Waals surface area contributed by atoms with Gasteiger partial charge in [0.1, 0.15) is 11.3 Å². The van der Waals surface area contributed by atoms with Crippen LogP contribution in [0.4, 0.5) is 5.00 Å². The van der Waals surface area contributed by atoms with Crippen molar-refractivity contribution in [3.05, 3.63) is 16.0 Å². The lowest BCUT2D eigenvalue weighted by Crippen LogP contribution is -2.38. The molecular formula is C18H25N3O3S2. The Morgan fingerprint density at radius 2 is 2.00 bits per heavy atom. The van der Waals surface area contributed by atoms with Crippen molar-refractivity contribution in [3.8, 4) is 0 Å². The van der Waals surface area contributed by atoms with Gasteiger partial charge in [-0.1, -0.05) is 0 Å². The molecule has 2 saturated carbocycles. The number of fused-ring (bicyclic) bond motifs is 1. The second-order valence-corrected chi connectivity index (χ2v) is 9.89. The molecule has 0 bridgehead atoms. The topological polar surface area (TPSA) is 93.3 Å². The van der Waals surface area contributed by atoms with Crippen LogP contribution in [0.25, 0.3) is 0 Å². The van der Waals surface area contributed by atoms with Gasteiger partial charge in [0.25, 0.3) is 5.91 Å². The Morgan fingerprint density at radius 1 is 1.23 bits per heavy atom. The lowest BCUT2D eigenvalue weighted by atomic mass is 9.91. The quantitative estimate of drug-likeness (QED) is 0.616. The van der Waals surface area contributed by atoms with E-state index in [1.165, 1.54) is 29.1 Å². The summed E-state index contributed by atoms with van der Waals surface area (Å²) in [5.74, 6) is 0.659. The Morgan fingerprint density at radius 3 is 2.65 bits per heavy atom. The maximum Gasteiger partial charge on any atom is 0.254 e. The molecule has 1 heterocycles. The van der Waals surface area contributed by atoms with E-state index in [2.05, 4.69) is 15.4 Å². The van der Waals surface area contributed by atoms with Crippen LogP contribution in [0.3, 0.4) is 0 Å². The zero-order valence-corrected chi connectivity index (χ0v) is 16.6. The van der Waals surface area contributed by atoms with Crippen LogP contribution in [0.15, 0.2) is 0 Å². The third-order valence-corrected chi connectivity index (χ3v) is 7.13. The maximum atomic E-state index is 12.9. The van der Waals surface area contributed by atoms with Crippen molar-refractivity contribution >= 4 is 39.5 Å². The number of thiophene rings is 1. The van der Waals surface area contributed by atoms with Crippen LogP contribution >= 0.6 is 11.3 Å². The van der Waals surface area contributed by atoms with E-state index in [0.29, 0.717) is 29.4 Å². The molecule has 2 unspecified atom stereocenters. The van der Waals surface area contributed by atoms with E-state index in [1.54, 1.807) is 6.26 Å². The first-order chi connectivity index (χ1) is 12.5. The van der Waals surface area contributed by atoms with E-state index in [-0.39, 0.29) is 23.8 Å². The number of anilines is 1. The summed E-state index contributed by atoms with van der Waals surface area (Å²) >= 11 is 0.463. The largest absolute Gasteiger partial charge is 0.598 e. The first-order valence-electron chi connectivity index (χ1n) is 9.34. The summed E-state index contributed by atoms with van der Waals surface area (Å²) in [5, 5.41) is 6.75. The second-order valence-electron chi connectivity index (χ2n) is 7.64. The standard InChI is InChI=1S/C18H25N3O3S2/c1-26(24)21-12-6-7-14-13(8-12)15(17(23)19-9-10-2-3-10)18(25-14)20-16(22)11-4-5-11/h10-12,21H,2-9H2,1H3,(H,19,23)(H,20,22). The van der Waals surface area contributed by atoms with Crippen LogP contribution in [0.2, 0.25) is 0 Å². The Labute approximate surface area is 160 Å². The van der Waals surface area contributed by atoms with Crippen molar-refractivity contribution in [2.75, 3.05) is 18.1 Å². The number of carbonyl (C=O) groups excluding carboxylic acids is 2. The van der Waals surface area contributed by atoms with E-state index in [4.69, 9.17) is 0 Å². The fraction of sp³-hybridized carbons (Fsp3) is 0.667. The predicted molar refractivity (Wildman–Crippen MR) is 104 cm³/mol. The van der Waals surface area contributed by atoms with Gasteiger partial charge in [-0.3, -0.25) is 9.59 Å². The minimum Gasteiger partial charge on any atom is -0.598 e. The van der Waals surface area contributed by atoms with Gasteiger partial charge in [-0.15, -0.1) is 16.1 Å². The highest BCUT2D eigenvalue weighted by Gasteiger charge is 2.34. The number of amides is 2. The number of hydrogen-bond acceptors (Lipinski definition) is 5. The highest BCUT2D eigenvalue weighted by Crippen LogP contribution is 2.40. The molecule has 26 heavy (non-hydrogen) atoms. The van der Waals surface area contributed by atoms with Crippen molar-refractivity contribution in [1.29, 1.82) is 0 Å². The Hall–Kier alpha value is -1.09. The molecule has 142 valence electrons. The third kappa shape index (κ3) is 4.24. The van der Waals surface area contributed by atoms with Crippen LogP contribution in [-0.2, 0) is 29.0 Å². The van der Waals surface area contributed by atoms with Gasteiger partial charge in [-0.25, -0.2) is 0 Å². The third-order valence-electron chi connectivity index (χ3n) is 5.25. The summed E-state index contributed by atoms with van der Waals surface area (Å²) in [6, 6.07) is 0.102. The summed E-state index contributed by atoms with van der Waals surface area (Å²) < 4.78 is 14.6. The molecule has 0 radical (unpaired) electrons. The number of rotatable bonds is 7. The molecule has 0 saturated heterocycles. The molecular weight excluding hydrogens is 370 g/mol. The van der Waals surface area contributed by atoms with E-state index in [1.807, 2.05) is 0 Å². The molecule has 0 aromatic carbocycles. The van der Waals surface area contributed by atoms with Crippen LogP contribution in [-0.4, -0.2) is 35.2 Å². The van der Waals surface area contributed by atoms with Crippen LogP contribution in [0, 0.1) is 11.8 Å². The normalized spacial score (nSPS) is 23.2.